The third-order valence-electron chi connectivity index (χ3n) is 4.11. The third kappa shape index (κ3) is 3.40. The number of hydrogen-bond acceptors (Lipinski definition) is 1. The van der Waals surface area contributed by atoms with E-state index in [1.165, 1.54) is 0 Å². The summed E-state index contributed by atoms with van der Waals surface area (Å²) in [5, 5.41) is 1.83. The van der Waals surface area contributed by atoms with Crippen LogP contribution in [0.5, 0.6) is 0 Å². The van der Waals surface area contributed by atoms with Gasteiger partial charge >= 0.3 is 0 Å². The molecule has 0 spiro atoms. The van der Waals surface area contributed by atoms with Crippen molar-refractivity contribution in [3.63, 3.8) is 0 Å². The molecule has 0 aliphatic heterocycles. The summed E-state index contributed by atoms with van der Waals surface area (Å²) < 4.78 is 0. The fourth-order valence-electron chi connectivity index (χ4n) is 2.80. The van der Waals surface area contributed by atoms with Gasteiger partial charge in [0.05, 0.1) is 6.42 Å². The van der Waals surface area contributed by atoms with E-state index in [9.17, 15) is 4.79 Å². The maximum atomic E-state index is 12.6. The molecule has 0 radical (unpaired) electrons. The maximum absolute atomic E-state index is 12.6. The van der Waals surface area contributed by atoms with Crippen LogP contribution < -0.4 is 0 Å². The van der Waals surface area contributed by atoms with E-state index < -0.39 is 0 Å². The second kappa shape index (κ2) is 6.47. The standard InChI is InChI=1S/C19H19ClN2O/c1-13-17(16-5-3-4-6-18(16)21-13)11-19(23)22(2)12-14-7-9-15(20)10-8-14/h3-10,21H,11-12H2,1-2H3. The molecular formula is C19H19ClN2O. The van der Waals surface area contributed by atoms with E-state index >= 15 is 0 Å². The molecule has 3 rings (SSSR count). The Kier molecular flexibility index (Phi) is 4.39. The molecule has 3 nitrogen and oxygen atoms in total. The van der Waals surface area contributed by atoms with Crippen LogP contribution in [0.2, 0.25) is 5.02 Å². The average molecular weight is 327 g/mol. The molecule has 23 heavy (non-hydrogen) atoms. The van der Waals surface area contributed by atoms with Crippen molar-refractivity contribution in [2.75, 3.05) is 7.05 Å². The zero-order chi connectivity index (χ0) is 16.4. The van der Waals surface area contributed by atoms with Gasteiger partial charge in [-0.15, -0.1) is 0 Å². The SMILES string of the molecule is Cc1[nH]c2ccccc2c1CC(=O)N(C)Cc1ccc(Cl)cc1. The first-order valence-electron chi connectivity index (χ1n) is 7.59. The van der Waals surface area contributed by atoms with Gasteiger partial charge in [-0.3, -0.25) is 4.79 Å². The molecule has 1 amide bonds. The Bertz CT molecular complexity index is 836. The highest BCUT2D eigenvalue weighted by Crippen LogP contribution is 2.23. The number of benzene rings is 2. The number of H-pyrrole nitrogens is 1. The highest BCUT2D eigenvalue weighted by Gasteiger charge is 2.15. The summed E-state index contributed by atoms with van der Waals surface area (Å²) in [7, 11) is 1.83. The van der Waals surface area contributed by atoms with Crippen molar-refractivity contribution >= 4 is 28.4 Å². The van der Waals surface area contributed by atoms with Gasteiger partial charge in [0, 0.05) is 35.2 Å². The number of likely N-dealkylation sites (N-methyl/N-ethyl adjacent to an activating group) is 1. The van der Waals surface area contributed by atoms with Crippen molar-refractivity contribution in [2.24, 2.45) is 0 Å². The number of aromatic amines is 1. The zero-order valence-electron chi connectivity index (χ0n) is 13.3. The Labute approximate surface area is 140 Å². The van der Waals surface area contributed by atoms with Crippen molar-refractivity contribution in [3.8, 4) is 0 Å². The van der Waals surface area contributed by atoms with Crippen LogP contribution in [-0.2, 0) is 17.8 Å². The summed E-state index contributed by atoms with van der Waals surface area (Å²) in [4.78, 5) is 17.7. The molecule has 0 saturated heterocycles. The number of nitrogens with zero attached hydrogens (tertiary/aromatic N) is 1. The van der Waals surface area contributed by atoms with Gasteiger partial charge in [-0.1, -0.05) is 41.9 Å². The lowest BCUT2D eigenvalue weighted by molar-refractivity contribution is -0.129. The van der Waals surface area contributed by atoms with Gasteiger partial charge in [0.25, 0.3) is 0 Å². The summed E-state index contributed by atoms with van der Waals surface area (Å²) >= 11 is 5.89. The number of nitrogens with one attached hydrogen (secondary N) is 1. The summed E-state index contributed by atoms with van der Waals surface area (Å²) in [5.74, 6) is 0.104. The molecule has 1 aromatic heterocycles. The first-order valence-corrected chi connectivity index (χ1v) is 7.97. The second-order valence-electron chi connectivity index (χ2n) is 5.83. The number of fused-ring (bicyclic) bond motifs is 1. The summed E-state index contributed by atoms with van der Waals surface area (Å²) in [6.07, 6.45) is 0.403. The van der Waals surface area contributed by atoms with Crippen LogP contribution in [0.3, 0.4) is 0 Å². The van der Waals surface area contributed by atoms with Crippen molar-refractivity contribution in [1.29, 1.82) is 0 Å². The minimum Gasteiger partial charge on any atom is -0.358 e. The van der Waals surface area contributed by atoms with Crippen molar-refractivity contribution < 1.29 is 4.79 Å². The summed E-state index contributed by atoms with van der Waals surface area (Å²) in [5.41, 5.74) is 4.28. The molecule has 0 unspecified atom stereocenters. The van der Waals surface area contributed by atoms with Crippen LogP contribution in [0.4, 0.5) is 0 Å². The number of aryl methyl sites for hydroxylation is 1. The van der Waals surface area contributed by atoms with Crippen LogP contribution in [0.1, 0.15) is 16.8 Å². The normalized spacial score (nSPS) is 10.9. The van der Waals surface area contributed by atoms with Crippen LogP contribution in [0.25, 0.3) is 10.9 Å². The number of hydrogen-bond donors (Lipinski definition) is 1. The molecule has 3 aromatic rings. The molecular weight excluding hydrogens is 308 g/mol. The number of carbonyl (C=O) groups is 1. The fraction of sp³-hybridized carbons (Fsp3) is 0.211. The van der Waals surface area contributed by atoms with Crippen LogP contribution in [0, 0.1) is 6.92 Å². The number of para-hydroxylation sites is 1. The van der Waals surface area contributed by atoms with Crippen LogP contribution in [0.15, 0.2) is 48.5 Å². The second-order valence-corrected chi connectivity index (χ2v) is 6.26. The number of halogens is 1. The largest absolute Gasteiger partial charge is 0.358 e. The molecule has 118 valence electrons. The molecule has 0 fully saturated rings. The Hall–Kier alpha value is -2.26. The van der Waals surface area contributed by atoms with Gasteiger partial charge in [0.1, 0.15) is 0 Å². The highest BCUT2D eigenvalue weighted by molar-refractivity contribution is 6.30. The van der Waals surface area contributed by atoms with E-state index in [2.05, 4.69) is 11.1 Å². The molecule has 2 aromatic carbocycles. The molecule has 0 bridgehead atoms. The number of amides is 1. The first-order chi connectivity index (χ1) is 11.0. The lowest BCUT2D eigenvalue weighted by Crippen LogP contribution is -2.27. The van der Waals surface area contributed by atoms with Gasteiger partial charge in [-0.25, -0.2) is 0 Å². The van der Waals surface area contributed by atoms with Gasteiger partial charge in [-0.05, 0) is 36.2 Å². The van der Waals surface area contributed by atoms with Crippen molar-refractivity contribution in [1.82, 2.24) is 9.88 Å². The van der Waals surface area contributed by atoms with Crippen LogP contribution >= 0.6 is 11.6 Å². The Balaban J connectivity index is 1.75. The molecule has 0 aliphatic carbocycles. The van der Waals surface area contributed by atoms with E-state index in [1.54, 1.807) is 4.90 Å². The number of rotatable bonds is 4. The third-order valence-corrected chi connectivity index (χ3v) is 4.37. The predicted molar refractivity (Wildman–Crippen MR) is 94.7 cm³/mol. The molecule has 1 N–H and O–H groups in total. The van der Waals surface area contributed by atoms with Gasteiger partial charge < -0.3 is 9.88 Å². The van der Waals surface area contributed by atoms with Crippen molar-refractivity contribution in [2.45, 2.75) is 19.9 Å². The van der Waals surface area contributed by atoms with E-state index in [-0.39, 0.29) is 5.91 Å². The summed E-state index contributed by atoms with van der Waals surface area (Å²) in [6.45, 7) is 2.60. The Morgan fingerprint density at radius 2 is 1.83 bits per heavy atom. The Morgan fingerprint density at radius 1 is 1.13 bits per heavy atom. The topological polar surface area (TPSA) is 36.1 Å². The average Bonchev–Trinajstić information content (AvgIpc) is 2.85. The predicted octanol–water partition coefficient (Wildman–Crippen LogP) is 4.33. The zero-order valence-corrected chi connectivity index (χ0v) is 14.0. The summed E-state index contributed by atoms with van der Waals surface area (Å²) in [6, 6.07) is 15.7. The quantitative estimate of drug-likeness (QED) is 0.761. The molecule has 1 heterocycles. The molecule has 0 aliphatic rings. The van der Waals surface area contributed by atoms with E-state index in [0.717, 1.165) is 27.7 Å². The number of carbonyl (C=O) groups excluding carboxylic acids is 1. The van der Waals surface area contributed by atoms with Gasteiger partial charge in [-0.2, -0.15) is 0 Å². The van der Waals surface area contributed by atoms with Gasteiger partial charge in [0.2, 0.25) is 5.91 Å². The van der Waals surface area contributed by atoms with Gasteiger partial charge in [0.15, 0.2) is 0 Å². The fourth-order valence-corrected chi connectivity index (χ4v) is 2.93. The van der Waals surface area contributed by atoms with Crippen molar-refractivity contribution in [3.05, 3.63) is 70.4 Å². The van der Waals surface area contributed by atoms with E-state index in [4.69, 9.17) is 11.6 Å². The minimum absolute atomic E-state index is 0.104. The molecule has 0 saturated carbocycles. The van der Waals surface area contributed by atoms with E-state index in [1.807, 2.05) is 56.4 Å². The monoisotopic (exact) mass is 326 g/mol. The Morgan fingerprint density at radius 3 is 2.57 bits per heavy atom. The van der Waals surface area contributed by atoms with Crippen LogP contribution in [-0.4, -0.2) is 22.8 Å². The van der Waals surface area contributed by atoms with E-state index in [0.29, 0.717) is 18.0 Å². The highest BCUT2D eigenvalue weighted by atomic mass is 35.5. The maximum Gasteiger partial charge on any atom is 0.227 e. The molecule has 4 heteroatoms. The molecule has 0 atom stereocenters. The smallest absolute Gasteiger partial charge is 0.227 e. The number of aromatic nitrogens is 1. The minimum atomic E-state index is 0.104. The first kappa shape index (κ1) is 15.6. The lowest BCUT2D eigenvalue weighted by atomic mass is 10.1. The lowest BCUT2D eigenvalue weighted by Gasteiger charge is -2.17.